The molecule has 6 nitrogen and oxygen atoms in total. The van der Waals surface area contributed by atoms with Crippen LogP contribution >= 0.6 is 0 Å². The maximum atomic E-state index is 9.19. The first kappa shape index (κ1) is 13.3. The lowest BCUT2D eigenvalue weighted by atomic mass is 10.3. The van der Waals surface area contributed by atoms with E-state index in [1.54, 1.807) is 0 Å². The van der Waals surface area contributed by atoms with E-state index >= 15 is 0 Å². The van der Waals surface area contributed by atoms with Crippen molar-refractivity contribution in [2.45, 2.75) is 46.1 Å². The molecule has 1 aliphatic heterocycles. The second-order valence-electron chi connectivity index (χ2n) is 5.28. The molecule has 0 unspecified atom stereocenters. The van der Waals surface area contributed by atoms with Crippen molar-refractivity contribution in [3.05, 3.63) is 35.4 Å². The van der Waals surface area contributed by atoms with Crippen molar-refractivity contribution in [3.63, 3.8) is 0 Å². The minimum atomic E-state index is 0.0171. The van der Waals surface area contributed by atoms with Gasteiger partial charge in [0.2, 0.25) is 0 Å². The molecule has 0 saturated heterocycles. The molecule has 1 aliphatic rings. The summed E-state index contributed by atoms with van der Waals surface area (Å²) in [6.07, 6.45) is 5.15. The fourth-order valence-corrected chi connectivity index (χ4v) is 2.72. The first-order valence-electron chi connectivity index (χ1n) is 7.18. The van der Waals surface area contributed by atoms with E-state index in [0.29, 0.717) is 0 Å². The topological polar surface area (TPSA) is 59.1 Å². The third kappa shape index (κ3) is 2.76. The maximum absolute atomic E-state index is 9.19. The standard InChI is InChI=1S/C14H21N5O/c1-2-18-9-12(7-15-18)8-17-4-3-5-19-14(10-17)6-13(11-20)16-19/h6-7,9,20H,2-5,8,10-11H2,1H3. The molecule has 0 amide bonds. The van der Waals surface area contributed by atoms with Crippen LogP contribution < -0.4 is 0 Å². The van der Waals surface area contributed by atoms with Gasteiger partial charge in [-0.05, 0) is 19.4 Å². The second-order valence-corrected chi connectivity index (χ2v) is 5.28. The van der Waals surface area contributed by atoms with Gasteiger partial charge in [0, 0.05) is 44.5 Å². The third-order valence-corrected chi connectivity index (χ3v) is 3.72. The molecule has 3 heterocycles. The van der Waals surface area contributed by atoms with E-state index in [-0.39, 0.29) is 6.61 Å². The molecular formula is C14H21N5O. The van der Waals surface area contributed by atoms with Crippen molar-refractivity contribution in [1.82, 2.24) is 24.5 Å². The number of nitrogens with zero attached hydrogens (tertiary/aromatic N) is 5. The predicted octanol–water partition coefficient (Wildman–Crippen LogP) is 0.998. The zero-order valence-electron chi connectivity index (χ0n) is 11.9. The molecule has 0 spiro atoms. The van der Waals surface area contributed by atoms with Crippen molar-refractivity contribution < 1.29 is 5.11 Å². The van der Waals surface area contributed by atoms with Crippen LogP contribution in [-0.2, 0) is 32.8 Å². The Labute approximate surface area is 118 Å². The Kier molecular flexibility index (Phi) is 3.84. The minimum absolute atomic E-state index is 0.0171. The molecule has 2 aromatic heterocycles. The normalized spacial score (nSPS) is 16.1. The fourth-order valence-electron chi connectivity index (χ4n) is 2.72. The van der Waals surface area contributed by atoms with Gasteiger partial charge in [-0.25, -0.2) is 0 Å². The zero-order chi connectivity index (χ0) is 13.9. The summed E-state index contributed by atoms with van der Waals surface area (Å²) in [7, 11) is 0. The number of fused-ring (bicyclic) bond motifs is 1. The summed E-state index contributed by atoms with van der Waals surface area (Å²) in [4.78, 5) is 2.42. The summed E-state index contributed by atoms with van der Waals surface area (Å²) >= 11 is 0. The molecule has 108 valence electrons. The van der Waals surface area contributed by atoms with Crippen molar-refractivity contribution in [2.24, 2.45) is 0 Å². The Morgan fingerprint density at radius 1 is 1.35 bits per heavy atom. The molecule has 0 atom stereocenters. The van der Waals surface area contributed by atoms with Gasteiger partial charge < -0.3 is 5.11 Å². The number of hydrogen-bond donors (Lipinski definition) is 1. The second kappa shape index (κ2) is 5.76. The average Bonchev–Trinajstić information content (AvgIpc) is 3.02. The first-order chi connectivity index (χ1) is 9.78. The van der Waals surface area contributed by atoms with Crippen LogP contribution in [0.3, 0.4) is 0 Å². The Bertz CT molecular complexity index is 574. The SMILES string of the molecule is CCn1cc(CN2CCCn3nc(CO)cc3C2)cn1. The molecule has 0 fully saturated rings. The number of hydrogen-bond acceptors (Lipinski definition) is 4. The number of rotatable bonds is 4. The van der Waals surface area contributed by atoms with E-state index in [9.17, 15) is 5.11 Å². The number of aliphatic hydroxyl groups excluding tert-OH is 1. The lowest BCUT2D eigenvalue weighted by Gasteiger charge is -2.18. The molecule has 0 aliphatic carbocycles. The van der Waals surface area contributed by atoms with Crippen LogP contribution in [0.25, 0.3) is 0 Å². The van der Waals surface area contributed by atoms with Gasteiger partial charge >= 0.3 is 0 Å². The fraction of sp³-hybridized carbons (Fsp3) is 0.571. The lowest BCUT2D eigenvalue weighted by Crippen LogP contribution is -2.22. The highest BCUT2D eigenvalue weighted by Gasteiger charge is 2.17. The zero-order valence-corrected chi connectivity index (χ0v) is 11.9. The summed E-state index contributed by atoms with van der Waals surface area (Å²) in [6, 6.07) is 2.01. The van der Waals surface area contributed by atoms with Crippen molar-refractivity contribution in [3.8, 4) is 0 Å². The molecule has 3 rings (SSSR count). The highest BCUT2D eigenvalue weighted by atomic mass is 16.3. The van der Waals surface area contributed by atoms with E-state index in [4.69, 9.17) is 0 Å². The van der Waals surface area contributed by atoms with Gasteiger partial charge in [-0.15, -0.1) is 0 Å². The third-order valence-electron chi connectivity index (χ3n) is 3.72. The lowest BCUT2D eigenvalue weighted by molar-refractivity contribution is 0.260. The Morgan fingerprint density at radius 2 is 2.25 bits per heavy atom. The molecule has 0 radical (unpaired) electrons. The van der Waals surface area contributed by atoms with E-state index in [1.165, 1.54) is 11.3 Å². The Balaban J connectivity index is 1.71. The van der Waals surface area contributed by atoms with Gasteiger partial charge in [0.25, 0.3) is 0 Å². The molecule has 0 aromatic carbocycles. The van der Waals surface area contributed by atoms with Crippen LogP contribution in [0.2, 0.25) is 0 Å². The molecular weight excluding hydrogens is 254 g/mol. The number of aromatic nitrogens is 4. The summed E-state index contributed by atoms with van der Waals surface area (Å²) < 4.78 is 3.99. The van der Waals surface area contributed by atoms with Crippen molar-refractivity contribution in [2.75, 3.05) is 6.54 Å². The van der Waals surface area contributed by atoms with Crippen LogP contribution in [0.5, 0.6) is 0 Å². The van der Waals surface area contributed by atoms with Crippen molar-refractivity contribution >= 4 is 0 Å². The Hall–Kier alpha value is -1.66. The van der Waals surface area contributed by atoms with Crippen molar-refractivity contribution in [1.29, 1.82) is 0 Å². The summed E-state index contributed by atoms with van der Waals surface area (Å²) in [5, 5.41) is 17.9. The van der Waals surface area contributed by atoms with Gasteiger partial charge in [0.15, 0.2) is 0 Å². The van der Waals surface area contributed by atoms with Gasteiger partial charge in [0.1, 0.15) is 0 Å². The Morgan fingerprint density at radius 3 is 3.00 bits per heavy atom. The quantitative estimate of drug-likeness (QED) is 0.904. The first-order valence-corrected chi connectivity index (χ1v) is 7.18. The van der Waals surface area contributed by atoms with E-state index in [0.717, 1.165) is 44.8 Å². The summed E-state index contributed by atoms with van der Waals surface area (Å²) in [5.74, 6) is 0. The average molecular weight is 275 g/mol. The summed E-state index contributed by atoms with van der Waals surface area (Å²) in [5.41, 5.74) is 3.21. The number of aliphatic hydroxyl groups is 1. The van der Waals surface area contributed by atoms with Gasteiger partial charge in [-0.1, -0.05) is 0 Å². The summed E-state index contributed by atoms with van der Waals surface area (Å²) in [6.45, 7) is 6.81. The molecule has 1 N–H and O–H groups in total. The van der Waals surface area contributed by atoms with E-state index in [2.05, 4.69) is 28.2 Å². The van der Waals surface area contributed by atoms with Gasteiger partial charge in [0.05, 0.1) is 24.2 Å². The molecule has 0 saturated carbocycles. The van der Waals surface area contributed by atoms with Crippen LogP contribution in [0.4, 0.5) is 0 Å². The van der Waals surface area contributed by atoms with Crippen LogP contribution in [0, 0.1) is 0 Å². The van der Waals surface area contributed by atoms with E-state index in [1.807, 2.05) is 21.6 Å². The predicted molar refractivity (Wildman–Crippen MR) is 74.8 cm³/mol. The smallest absolute Gasteiger partial charge is 0.0882 e. The van der Waals surface area contributed by atoms with Crippen LogP contribution in [0.1, 0.15) is 30.3 Å². The van der Waals surface area contributed by atoms with Crippen LogP contribution in [-0.4, -0.2) is 36.1 Å². The van der Waals surface area contributed by atoms with E-state index < -0.39 is 0 Å². The largest absolute Gasteiger partial charge is 0.390 e. The van der Waals surface area contributed by atoms with Crippen LogP contribution in [0.15, 0.2) is 18.5 Å². The van der Waals surface area contributed by atoms with Gasteiger partial charge in [-0.3, -0.25) is 14.3 Å². The monoisotopic (exact) mass is 275 g/mol. The minimum Gasteiger partial charge on any atom is -0.390 e. The molecule has 2 aromatic rings. The maximum Gasteiger partial charge on any atom is 0.0882 e. The molecule has 6 heteroatoms. The molecule has 20 heavy (non-hydrogen) atoms. The van der Waals surface area contributed by atoms with Gasteiger partial charge in [-0.2, -0.15) is 10.2 Å². The molecule has 0 bridgehead atoms. The highest BCUT2D eigenvalue weighted by Crippen LogP contribution is 2.16. The number of aryl methyl sites for hydroxylation is 2. The highest BCUT2D eigenvalue weighted by molar-refractivity contribution is 5.11.